The minimum absolute atomic E-state index is 0.0704. The fraction of sp³-hybridized carbons (Fsp3) is 0.188. The van der Waals surface area contributed by atoms with Gasteiger partial charge in [-0.05, 0) is 23.9 Å². The number of nitrogens with zero attached hydrogens (tertiary/aromatic N) is 2. The third-order valence-electron chi connectivity index (χ3n) is 3.05. The Kier molecular flexibility index (Phi) is 7.37. The van der Waals surface area contributed by atoms with Crippen molar-refractivity contribution < 1.29 is 33.9 Å². The monoisotopic (exact) mass is 393 g/mol. The Balaban J connectivity index is 1.82. The number of amides is 1. The lowest BCUT2D eigenvalue weighted by molar-refractivity contribution is -0.136. The van der Waals surface area contributed by atoms with Gasteiger partial charge in [0.05, 0.1) is 18.3 Å². The fourth-order valence-corrected chi connectivity index (χ4v) is 2.36. The van der Waals surface area contributed by atoms with Crippen LogP contribution in [0.4, 0.5) is 9.59 Å². The number of carboxylic acids is 1. The number of aromatic nitrogens is 2. The average molecular weight is 393 g/mol. The SMILES string of the molecule is O=C(O)CCSC(=O)OCc1cncn1C(=O)ONC(=O)c1ccccc1. The molecule has 0 aliphatic carbocycles. The van der Waals surface area contributed by atoms with Crippen LogP contribution in [-0.4, -0.2) is 43.7 Å². The molecule has 2 aromatic rings. The summed E-state index contributed by atoms with van der Waals surface area (Å²) < 4.78 is 5.89. The second-order valence-electron chi connectivity index (χ2n) is 4.95. The van der Waals surface area contributed by atoms with Crippen LogP contribution in [0.2, 0.25) is 0 Å². The van der Waals surface area contributed by atoms with Crippen LogP contribution in [-0.2, 0) is 21.0 Å². The van der Waals surface area contributed by atoms with Crippen LogP contribution >= 0.6 is 11.8 Å². The van der Waals surface area contributed by atoms with Gasteiger partial charge in [-0.1, -0.05) is 18.2 Å². The van der Waals surface area contributed by atoms with Crippen molar-refractivity contribution in [3.63, 3.8) is 0 Å². The smallest absolute Gasteiger partial charge is 0.444 e. The van der Waals surface area contributed by atoms with E-state index < -0.39 is 23.3 Å². The number of thioether (sulfide) groups is 1. The first-order valence-corrected chi connectivity index (χ1v) is 8.55. The summed E-state index contributed by atoms with van der Waals surface area (Å²) in [6.45, 7) is -0.277. The molecule has 27 heavy (non-hydrogen) atoms. The van der Waals surface area contributed by atoms with Crippen LogP contribution < -0.4 is 5.48 Å². The van der Waals surface area contributed by atoms with Crippen molar-refractivity contribution in [1.82, 2.24) is 15.0 Å². The van der Waals surface area contributed by atoms with E-state index in [-0.39, 0.29) is 24.5 Å². The number of carbonyl (C=O) groups is 4. The molecule has 1 amide bonds. The van der Waals surface area contributed by atoms with Crippen molar-refractivity contribution in [2.45, 2.75) is 13.0 Å². The normalized spacial score (nSPS) is 10.1. The molecule has 0 saturated heterocycles. The highest BCUT2D eigenvalue weighted by molar-refractivity contribution is 8.13. The number of aliphatic carboxylic acids is 1. The van der Waals surface area contributed by atoms with E-state index >= 15 is 0 Å². The van der Waals surface area contributed by atoms with Gasteiger partial charge in [0.15, 0.2) is 0 Å². The lowest BCUT2D eigenvalue weighted by atomic mass is 10.2. The number of hydrogen-bond acceptors (Lipinski definition) is 8. The predicted octanol–water partition coefficient (Wildman–Crippen LogP) is 2.06. The molecule has 2 rings (SSSR count). The number of hydroxylamine groups is 1. The molecule has 0 atom stereocenters. The van der Waals surface area contributed by atoms with Crippen LogP contribution in [0, 0.1) is 0 Å². The van der Waals surface area contributed by atoms with Gasteiger partial charge in [-0.15, -0.1) is 0 Å². The molecule has 0 bridgehead atoms. The number of imidazole rings is 1. The molecule has 10 nitrogen and oxygen atoms in total. The van der Waals surface area contributed by atoms with Gasteiger partial charge in [-0.3, -0.25) is 9.59 Å². The maximum absolute atomic E-state index is 12.0. The second-order valence-corrected chi connectivity index (χ2v) is 5.98. The Morgan fingerprint density at radius 1 is 1.19 bits per heavy atom. The maximum atomic E-state index is 12.0. The van der Waals surface area contributed by atoms with Crippen molar-refractivity contribution in [1.29, 1.82) is 0 Å². The summed E-state index contributed by atoms with van der Waals surface area (Å²) >= 11 is 0.708. The van der Waals surface area contributed by atoms with Crippen molar-refractivity contribution >= 4 is 35.0 Å². The number of rotatable bonds is 6. The highest BCUT2D eigenvalue weighted by atomic mass is 32.2. The van der Waals surface area contributed by atoms with Gasteiger partial charge in [0.1, 0.15) is 12.9 Å². The quantitative estimate of drug-likeness (QED) is 0.558. The number of benzene rings is 1. The van der Waals surface area contributed by atoms with Gasteiger partial charge in [-0.25, -0.2) is 19.1 Å². The molecule has 0 aliphatic rings. The Bertz CT molecular complexity index is 822. The highest BCUT2D eigenvalue weighted by Crippen LogP contribution is 2.10. The predicted molar refractivity (Wildman–Crippen MR) is 92.9 cm³/mol. The van der Waals surface area contributed by atoms with Crippen molar-refractivity contribution in [2.75, 3.05) is 5.75 Å². The van der Waals surface area contributed by atoms with E-state index in [9.17, 15) is 19.2 Å². The molecule has 2 N–H and O–H groups in total. The number of carbonyl (C=O) groups excluding carboxylic acids is 3. The molecule has 142 valence electrons. The third-order valence-corrected chi connectivity index (χ3v) is 3.81. The first-order valence-electron chi connectivity index (χ1n) is 7.56. The van der Waals surface area contributed by atoms with E-state index in [0.29, 0.717) is 17.3 Å². The first-order chi connectivity index (χ1) is 13.0. The number of nitrogens with one attached hydrogen (secondary N) is 1. The first kappa shape index (κ1) is 20.0. The van der Waals surface area contributed by atoms with Crippen LogP contribution in [0.1, 0.15) is 22.5 Å². The van der Waals surface area contributed by atoms with Gasteiger partial charge in [0.25, 0.3) is 5.91 Å². The zero-order valence-electron chi connectivity index (χ0n) is 13.9. The van der Waals surface area contributed by atoms with E-state index in [2.05, 4.69) is 4.98 Å². The molecule has 0 aliphatic heterocycles. The number of carboxylic acid groups (broad SMARTS) is 1. The van der Waals surface area contributed by atoms with E-state index in [4.69, 9.17) is 14.7 Å². The molecule has 1 aromatic carbocycles. The summed E-state index contributed by atoms with van der Waals surface area (Å²) in [7, 11) is 0. The zero-order chi connectivity index (χ0) is 19.6. The average Bonchev–Trinajstić information content (AvgIpc) is 3.13. The minimum Gasteiger partial charge on any atom is -0.481 e. The Labute approximate surface area is 157 Å². The van der Waals surface area contributed by atoms with E-state index in [1.165, 1.54) is 6.20 Å². The van der Waals surface area contributed by atoms with Gasteiger partial charge in [0.2, 0.25) is 0 Å². The molecular formula is C16H15N3O7S. The molecule has 0 radical (unpaired) electrons. The van der Waals surface area contributed by atoms with Crippen molar-refractivity contribution in [3.05, 3.63) is 54.1 Å². The summed E-state index contributed by atoms with van der Waals surface area (Å²) in [6, 6.07) is 8.16. The fourth-order valence-electron chi connectivity index (χ4n) is 1.78. The molecule has 0 saturated carbocycles. The second kappa shape index (κ2) is 9.97. The molecule has 0 unspecified atom stereocenters. The van der Waals surface area contributed by atoms with Crippen molar-refractivity contribution in [2.24, 2.45) is 0 Å². The Morgan fingerprint density at radius 2 is 1.93 bits per heavy atom. The van der Waals surface area contributed by atoms with Crippen LogP contribution in [0.15, 0.2) is 42.9 Å². The molecule has 1 heterocycles. The lowest BCUT2D eigenvalue weighted by Crippen LogP contribution is -2.30. The molecule has 11 heteroatoms. The summed E-state index contributed by atoms with van der Waals surface area (Å²) in [5, 5.41) is 7.82. The van der Waals surface area contributed by atoms with E-state index in [1.807, 2.05) is 5.48 Å². The van der Waals surface area contributed by atoms with Gasteiger partial charge in [-0.2, -0.15) is 5.48 Å². The summed E-state index contributed by atoms with van der Waals surface area (Å²) in [5.41, 5.74) is 2.53. The maximum Gasteiger partial charge on any atom is 0.444 e. The summed E-state index contributed by atoms with van der Waals surface area (Å²) in [5.74, 6) is -1.55. The van der Waals surface area contributed by atoms with E-state index in [1.54, 1.807) is 30.3 Å². The zero-order valence-corrected chi connectivity index (χ0v) is 14.7. The summed E-state index contributed by atoms with van der Waals surface area (Å²) in [6.07, 6.45) is 1.31. The van der Waals surface area contributed by atoms with Gasteiger partial charge < -0.3 is 14.7 Å². The number of ether oxygens (including phenoxy) is 1. The van der Waals surface area contributed by atoms with E-state index in [0.717, 1.165) is 10.9 Å². The van der Waals surface area contributed by atoms with Crippen LogP contribution in [0.3, 0.4) is 0 Å². The van der Waals surface area contributed by atoms with Gasteiger partial charge in [0, 0.05) is 11.3 Å². The topological polar surface area (TPSA) is 137 Å². The molecule has 0 spiro atoms. The molecule has 0 fully saturated rings. The highest BCUT2D eigenvalue weighted by Gasteiger charge is 2.16. The third kappa shape index (κ3) is 6.47. The Morgan fingerprint density at radius 3 is 2.63 bits per heavy atom. The Hall–Kier alpha value is -3.34. The molecular weight excluding hydrogens is 378 g/mol. The minimum atomic E-state index is -1.02. The molecule has 1 aromatic heterocycles. The standard InChI is InChI=1S/C16H15N3O7S/c20-13(21)6-7-27-16(24)25-9-12-8-17-10-19(12)15(23)26-18-14(22)11-4-2-1-3-5-11/h1-5,8,10H,6-7,9H2,(H,18,22)(H,20,21). The largest absolute Gasteiger partial charge is 0.481 e. The summed E-state index contributed by atoms with van der Waals surface area (Å²) in [4.78, 5) is 54.3. The van der Waals surface area contributed by atoms with Crippen LogP contribution in [0.5, 0.6) is 0 Å². The van der Waals surface area contributed by atoms with Crippen molar-refractivity contribution in [3.8, 4) is 0 Å². The number of hydrogen-bond donors (Lipinski definition) is 2. The van der Waals surface area contributed by atoms with Crippen LogP contribution in [0.25, 0.3) is 0 Å². The lowest BCUT2D eigenvalue weighted by Gasteiger charge is -2.09. The van der Waals surface area contributed by atoms with Gasteiger partial charge >= 0.3 is 17.4 Å².